The first-order valence-corrected chi connectivity index (χ1v) is 10.2. The number of carbonyl (C=O) groups excluding carboxylic acids is 1. The number of nitrogens with one attached hydrogen (secondary N) is 1. The first-order chi connectivity index (χ1) is 13.3. The third-order valence-electron chi connectivity index (χ3n) is 6.03. The largest absolute Gasteiger partial charge is 0.343 e. The average Bonchev–Trinajstić information content (AvgIpc) is 3.04. The molecule has 2 aliphatic rings. The lowest BCUT2D eigenvalue weighted by Gasteiger charge is -2.27. The van der Waals surface area contributed by atoms with E-state index >= 15 is 0 Å². The molecule has 0 spiro atoms. The van der Waals surface area contributed by atoms with Crippen molar-refractivity contribution >= 4 is 22.9 Å². The molecule has 5 nitrogen and oxygen atoms in total. The average molecular weight is 367 g/mol. The predicted octanol–water partition coefficient (Wildman–Crippen LogP) is 3.52. The van der Waals surface area contributed by atoms with Gasteiger partial charge in [-0.3, -0.25) is 10.0 Å². The van der Waals surface area contributed by atoms with Crippen LogP contribution >= 0.6 is 0 Å². The van der Waals surface area contributed by atoms with Crippen molar-refractivity contribution in [1.82, 2.24) is 14.9 Å². The molecule has 1 aromatic heterocycles. The fourth-order valence-electron chi connectivity index (χ4n) is 4.65. The Kier molecular flexibility index (Phi) is 5.60. The van der Waals surface area contributed by atoms with Crippen molar-refractivity contribution in [2.45, 2.75) is 51.5 Å². The topological polar surface area (TPSA) is 57.5 Å². The summed E-state index contributed by atoms with van der Waals surface area (Å²) in [4.78, 5) is 13.9. The molecule has 2 heterocycles. The molecule has 27 heavy (non-hydrogen) atoms. The minimum atomic E-state index is -0.503. The van der Waals surface area contributed by atoms with Crippen LogP contribution < -0.4 is 5.48 Å². The number of carbonyl (C=O) groups is 1. The Morgan fingerprint density at radius 3 is 2.70 bits per heavy atom. The van der Waals surface area contributed by atoms with Crippen molar-refractivity contribution in [2.24, 2.45) is 0 Å². The molecule has 2 N–H and O–H groups in total. The van der Waals surface area contributed by atoms with E-state index in [0.717, 1.165) is 25.1 Å². The molecule has 0 radical (unpaired) electrons. The summed E-state index contributed by atoms with van der Waals surface area (Å²) in [5, 5.41) is 9.98. The molecule has 4 rings (SSSR count). The van der Waals surface area contributed by atoms with Gasteiger partial charge in [-0.1, -0.05) is 12.5 Å². The van der Waals surface area contributed by atoms with Gasteiger partial charge in [0, 0.05) is 35.8 Å². The van der Waals surface area contributed by atoms with E-state index in [1.54, 1.807) is 11.6 Å². The molecule has 1 fully saturated rings. The van der Waals surface area contributed by atoms with Gasteiger partial charge in [0.1, 0.15) is 0 Å². The second-order valence-electron chi connectivity index (χ2n) is 7.77. The van der Waals surface area contributed by atoms with Crippen LogP contribution in [0.5, 0.6) is 0 Å². The molecule has 1 saturated heterocycles. The van der Waals surface area contributed by atoms with E-state index in [1.807, 2.05) is 0 Å². The summed E-state index contributed by atoms with van der Waals surface area (Å²) in [6.07, 6.45) is 12.0. The highest BCUT2D eigenvalue weighted by molar-refractivity contribution is 5.93. The molecular weight excluding hydrogens is 338 g/mol. The van der Waals surface area contributed by atoms with Crippen LogP contribution in [-0.4, -0.2) is 40.2 Å². The molecule has 1 amide bonds. The molecule has 1 aliphatic heterocycles. The Balaban J connectivity index is 1.64. The minimum absolute atomic E-state index is 0.503. The number of rotatable bonds is 5. The molecule has 1 aromatic carbocycles. The van der Waals surface area contributed by atoms with E-state index in [2.05, 4.69) is 27.7 Å². The maximum Gasteiger partial charge on any atom is 0.267 e. The maximum absolute atomic E-state index is 11.3. The zero-order valence-electron chi connectivity index (χ0n) is 15.9. The Labute approximate surface area is 160 Å². The minimum Gasteiger partial charge on any atom is -0.343 e. The van der Waals surface area contributed by atoms with Gasteiger partial charge in [-0.15, -0.1) is 0 Å². The van der Waals surface area contributed by atoms with Crippen LogP contribution in [0.25, 0.3) is 17.0 Å². The Bertz CT molecular complexity index is 847. The van der Waals surface area contributed by atoms with Crippen molar-refractivity contribution < 1.29 is 10.0 Å². The second kappa shape index (κ2) is 8.28. The number of aryl methyl sites for hydroxylation is 1. The number of hydrogen-bond acceptors (Lipinski definition) is 3. The summed E-state index contributed by atoms with van der Waals surface area (Å²) in [7, 11) is 0. The number of piperidine rings is 1. The number of benzene rings is 1. The van der Waals surface area contributed by atoms with E-state index in [0.29, 0.717) is 0 Å². The van der Waals surface area contributed by atoms with Gasteiger partial charge < -0.3 is 9.47 Å². The van der Waals surface area contributed by atoms with E-state index in [-0.39, 0.29) is 0 Å². The van der Waals surface area contributed by atoms with E-state index in [1.165, 1.54) is 79.9 Å². The van der Waals surface area contributed by atoms with Crippen molar-refractivity contribution in [1.29, 1.82) is 0 Å². The van der Waals surface area contributed by atoms with Gasteiger partial charge in [0.15, 0.2) is 0 Å². The van der Waals surface area contributed by atoms with Gasteiger partial charge in [-0.05, 0) is 81.0 Å². The quantitative estimate of drug-likeness (QED) is 0.483. The molecule has 1 aliphatic carbocycles. The fourth-order valence-corrected chi connectivity index (χ4v) is 4.65. The molecule has 0 atom stereocenters. The molecule has 5 heteroatoms. The van der Waals surface area contributed by atoms with Gasteiger partial charge in [0.25, 0.3) is 5.91 Å². The van der Waals surface area contributed by atoms with Crippen LogP contribution in [0.4, 0.5) is 0 Å². The maximum atomic E-state index is 11.3. The zero-order valence-corrected chi connectivity index (χ0v) is 15.9. The third kappa shape index (κ3) is 3.94. The highest BCUT2D eigenvalue weighted by Gasteiger charge is 2.20. The van der Waals surface area contributed by atoms with Crippen LogP contribution in [0.2, 0.25) is 0 Å². The molecule has 0 saturated carbocycles. The van der Waals surface area contributed by atoms with E-state index in [9.17, 15) is 4.79 Å². The highest BCUT2D eigenvalue weighted by Crippen LogP contribution is 2.33. The van der Waals surface area contributed by atoms with Gasteiger partial charge in [-0.25, -0.2) is 5.48 Å². The molecule has 0 unspecified atom stereocenters. The van der Waals surface area contributed by atoms with Gasteiger partial charge in [0.05, 0.1) is 0 Å². The summed E-state index contributed by atoms with van der Waals surface area (Å²) in [6, 6.07) is 6.45. The molecule has 144 valence electrons. The van der Waals surface area contributed by atoms with Gasteiger partial charge >= 0.3 is 0 Å². The third-order valence-corrected chi connectivity index (χ3v) is 6.03. The number of fused-ring (bicyclic) bond motifs is 3. The molecule has 0 bridgehead atoms. The smallest absolute Gasteiger partial charge is 0.267 e. The first-order valence-electron chi connectivity index (χ1n) is 10.2. The zero-order chi connectivity index (χ0) is 18.6. The number of amides is 1. The Morgan fingerprint density at radius 1 is 1.07 bits per heavy atom. The number of hydrogen-bond donors (Lipinski definition) is 2. The van der Waals surface area contributed by atoms with Crippen molar-refractivity contribution in [3.63, 3.8) is 0 Å². The number of likely N-dealkylation sites (tertiary alicyclic amines) is 1. The lowest BCUT2D eigenvalue weighted by Crippen LogP contribution is -2.32. The Hall–Kier alpha value is -2.11. The summed E-state index contributed by atoms with van der Waals surface area (Å²) < 4.78 is 2.55. The van der Waals surface area contributed by atoms with Crippen LogP contribution in [0, 0.1) is 0 Å². The van der Waals surface area contributed by atoms with E-state index in [4.69, 9.17) is 5.21 Å². The molecular formula is C22H29N3O2. The van der Waals surface area contributed by atoms with Crippen LogP contribution in [0.3, 0.4) is 0 Å². The number of hydroxylamine groups is 1. The molecule has 2 aromatic rings. The van der Waals surface area contributed by atoms with Crippen LogP contribution in [0.1, 0.15) is 48.9 Å². The lowest BCUT2D eigenvalue weighted by molar-refractivity contribution is -0.124. The Morgan fingerprint density at radius 2 is 1.89 bits per heavy atom. The number of aromatic nitrogens is 1. The summed E-state index contributed by atoms with van der Waals surface area (Å²) >= 11 is 0. The van der Waals surface area contributed by atoms with Gasteiger partial charge in [-0.2, -0.15) is 0 Å². The SMILES string of the molecule is O=C(/C=C/c1ccc2c(c1)c1c(n2CCN2CCCCC2)CCCC1)NO. The lowest BCUT2D eigenvalue weighted by atomic mass is 9.95. The monoisotopic (exact) mass is 367 g/mol. The van der Waals surface area contributed by atoms with Crippen molar-refractivity contribution in [3.8, 4) is 0 Å². The standard InChI is InChI=1S/C22H29N3O2/c26-22(23-27)11-9-17-8-10-21-19(16-17)18-6-2-3-7-20(18)25(21)15-14-24-12-4-1-5-13-24/h8-11,16,27H,1-7,12-15H2,(H,23,26)/b11-9+. The second-order valence-corrected chi connectivity index (χ2v) is 7.77. The van der Waals surface area contributed by atoms with Crippen LogP contribution in [0.15, 0.2) is 24.3 Å². The summed E-state index contributed by atoms with van der Waals surface area (Å²) in [5.41, 5.74) is 6.97. The fraction of sp³-hybridized carbons (Fsp3) is 0.500. The highest BCUT2D eigenvalue weighted by atomic mass is 16.5. The van der Waals surface area contributed by atoms with Crippen LogP contribution in [-0.2, 0) is 24.2 Å². The van der Waals surface area contributed by atoms with Crippen molar-refractivity contribution in [3.05, 3.63) is 41.1 Å². The first kappa shape index (κ1) is 18.3. The summed E-state index contributed by atoms with van der Waals surface area (Å²) in [6.45, 7) is 4.68. The normalized spacial score (nSPS) is 18.1. The van der Waals surface area contributed by atoms with E-state index < -0.39 is 5.91 Å². The predicted molar refractivity (Wildman–Crippen MR) is 108 cm³/mol. The number of nitrogens with zero attached hydrogens (tertiary/aromatic N) is 2. The summed E-state index contributed by atoms with van der Waals surface area (Å²) in [5.74, 6) is -0.503. The van der Waals surface area contributed by atoms with Crippen molar-refractivity contribution in [2.75, 3.05) is 19.6 Å². The van der Waals surface area contributed by atoms with Gasteiger partial charge in [0.2, 0.25) is 0 Å².